The number of aldehydes is 1. The van der Waals surface area contributed by atoms with Crippen LogP contribution in [-0.2, 0) is 0 Å². The Balaban J connectivity index is 2.35. The lowest BCUT2D eigenvalue weighted by Gasteiger charge is -2.14. The second-order valence-electron chi connectivity index (χ2n) is 3.57. The van der Waals surface area contributed by atoms with Crippen LogP contribution in [-0.4, -0.2) is 15.8 Å². The molecular weight excluding hydrogens is 207 g/mol. The SMILES string of the molecule is CC(c1ccc(F)cc1)n1cncc1C=O. The summed E-state index contributed by atoms with van der Waals surface area (Å²) in [5.74, 6) is -0.266. The quantitative estimate of drug-likeness (QED) is 0.741. The van der Waals surface area contributed by atoms with Gasteiger partial charge in [0.25, 0.3) is 0 Å². The molecule has 0 aliphatic rings. The predicted molar refractivity (Wildman–Crippen MR) is 57.8 cm³/mol. The Morgan fingerprint density at radius 1 is 1.38 bits per heavy atom. The molecule has 3 nitrogen and oxygen atoms in total. The number of imidazole rings is 1. The first-order chi connectivity index (χ1) is 7.72. The van der Waals surface area contributed by atoms with Crippen LogP contribution in [0.15, 0.2) is 36.8 Å². The minimum atomic E-state index is -0.266. The lowest BCUT2D eigenvalue weighted by molar-refractivity contribution is 0.111. The van der Waals surface area contributed by atoms with Crippen molar-refractivity contribution in [2.24, 2.45) is 0 Å². The van der Waals surface area contributed by atoms with E-state index in [0.717, 1.165) is 11.8 Å². The van der Waals surface area contributed by atoms with Crippen LogP contribution in [0, 0.1) is 5.82 Å². The lowest BCUT2D eigenvalue weighted by Crippen LogP contribution is -2.08. The molecule has 0 spiro atoms. The zero-order valence-corrected chi connectivity index (χ0v) is 8.80. The van der Waals surface area contributed by atoms with Crippen LogP contribution in [0.2, 0.25) is 0 Å². The highest BCUT2D eigenvalue weighted by Crippen LogP contribution is 2.19. The summed E-state index contributed by atoms with van der Waals surface area (Å²) in [5, 5.41) is 0. The molecule has 0 saturated carbocycles. The van der Waals surface area contributed by atoms with E-state index in [1.807, 2.05) is 6.92 Å². The third kappa shape index (κ3) is 1.86. The number of nitrogens with zero attached hydrogens (tertiary/aromatic N) is 2. The molecule has 4 heteroatoms. The van der Waals surface area contributed by atoms with Crippen LogP contribution in [0.25, 0.3) is 0 Å². The molecule has 0 N–H and O–H groups in total. The normalized spacial score (nSPS) is 12.4. The van der Waals surface area contributed by atoms with Crippen molar-refractivity contribution in [3.05, 3.63) is 53.9 Å². The molecule has 0 bridgehead atoms. The highest BCUT2D eigenvalue weighted by molar-refractivity contribution is 5.71. The van der Waals surface area contributed by atoms with Gasteiger partial charge >= 0.3 is 0 Å². The number of carbonyl (C=O) groups excluding carboxylic acids is 1. The molecule has 1 aromatic carbocycles. The van der Waals surface area contributed by atoms with E-state index in [-0.39, 0.29) is 11.9 Å². The Labute approximate surface area is 92.5 Å². The predicted octanol–water partition coefficient (Wildman–Crippen LogP) is 2.44. The van der Waals surface area contributed by atoms with Gasteiger partial charge in [0.1, 0.15) is 11.5 Å². The zero-order valence-electron chi connectivity index (χ0n) is 8.80. The third-order valence-corrected chi connectivity index (χ3v) is 2.59. The average molecular weight is 218 g/mol. The van der Waals surface area contributed by atoms with Gasteiger partial charge in [-0.25, -0.2) is 9.37 Å². The van der Waals surface area contributed by atoms with Gasteiger partial charge in [0.05, 0.1) is 18.6 Å². The molecule has 1 unspecified atom stereocenters. The summed E-state index contributed by atoms with van der Waals surface area (Å²) >= 11 is 0. The van der Waals surface area contributed by atoms with Crippen LogP contribution in [0.5, 0.6) is 0 Å². The molecule has 1 heterocycles. The average Bonchev–Trinajstić information content (AvgIpc) is 2.77. The van der Waals surface area contributed by atoms with E-state index in [9.17, 15) is 9.18 Å². The highest BCUT2D eigenvalue weighted by Gasteiger charge is 2.10. The van der Waals surface area contributed by atoms with Crippen LogP contribution in [0.4, 0.5) is 4.39 Å². The van der Waals surface area contributed by atoms with Crippen molar-refractivity contribution in [3.8, 4) is 0 Å². The van der Waals surface area contributed by atoms with E-state index >= 15 is 0 Å². The Bertz CT molecular complexity index is 490. The molecule has 2 rings (SSSR count). The molecule has 82 valence electrons. The van der Waals surface area contributed by atoms with Gasteiger partial charge in [-0.1, -0.05) is 12.1 Å². The summed E-state index contributed by atoms with van der Waals surface area (Å²) in [6, 6.07) is 6.18. The summed E-state index contributed by atoms with van der Waals surface area (Å²) in [4.78, 5) is 14.7. The highest BCUT2D eigenvalue weighted by atomic mass is 19.1. The number of carbonyl (C=O) groups is 1. The smallest absolute Gasteiger partial charge is 0.168 e. The van der Waals surface area contributed by atoms with Crippen molar-refractivity contribution < 1.29 is 9.18 Å². The summed E-state index contributed by atoms with van der Waals surface area (Å²) in [5.41, 5.74) is 1.44. The number of halogens is 1. The van der Waals surface area contributed by atoms with Gasteiger partial charge in [0, 0.05) is 0 Å². The Morgan fingerprint density at radius 3 is 2.69 bits per heavy atom. The Kier molecular flexibility index (Phi) is 2.81. The summed E-state index contributed by atoms with van der Waals surface area (Å²) in [6.07, 6.45) is 3.86. The van der Waals surface area contributed by atoms with E-state index < -0.39 is 0 Å². The van der Waals surface area contributed by atoms with E-state index in [2.05, 4.69) is 4.98 Å². The first-order valence-electron chi connectivity index (χ1n) is 4.95. The largest absolute Gasteiger partial charge is 0.321 e. The van der Waals surface area contributed by atoms with Gasteiger partial charge in [-0.3, -0.25) is 4.79 Å². The number of rotatable bonds is 3. The molecule has 0 amide bonds. The van der Waals surface area contributed by atoms with Gasteiger partial charge in [-0.2, -0.15) is 0 Å². The van der Waals surface area contributed by atoms with Crippen molar-refractivity contribution >= 4 is 6.29 Å². The fourth-order valence-corrected chi connectivity index (χ4v) is 1.63. The first-order valence-corrected chi connectivity index (χ1v) is 4.95. The molecule has 0 aliphatic heterocycles. The summed E-state index contributed by atoms with van der Waals surface area (Å²) in [7, 11) is 0. The van der Waals surface area contributed by atoms with Crippen LogP contribution in [0.3, 0.4) is 0 Å². The molecule has 1 atom stereocenters. The zero-order chi connectivity index (χ0) is 11.5. The maximum absolute atomic E-state index is 12.8. The van der Waals surface area contributed by atoms with E-state index in [1.54, 1.807) is 23.0 Å². The summed E-state index contributed by atoms with van der Waals surface area (Å²) in [6.45, 7) is 1.93. The Hall–Kier alpha value is -1.97. The molecule has 0 saturated heterocycles. The minimum Gasteiger partial charge on any atom is -0.321 e. The van der Waals surface area contributed by atoms with Gasteiger partial charge < -0.3 is 4.57 Å². The van der Waals surface area contributed by atoms with E-state index in [1.165, 1.54) is 18.3 Å². The fourth-order valence-electron chi connectivity index (χ4n) is 1.63. The Morgan fingerprint density at radius 2 is 2.06 bits per heavy atom. The maximum atomic E-state index is 12.8. The first kappa shape index (κ1) is 10.5. The van der Waals surface area contributed by atoms with Crippen molar-refractivity contribution in [2.75, 3.05) is 0 Å². The fraction of sp³-hybridized carbons (Fsp3) is 0.167. The minimum absolute atomic E-state index is 0.0386. The van der Waals surface area contributed by atoms with Gasteiger partial charge in [-0.15, -0.1) is 0 Å². The number of benzene rings is 1. The molecule has 1 aromatic heterocycles. The maximum Gasteiger partial charge on any atom is 0.168 e. The van der Waals surface area contributed by atoms with E-state index in [4.69, 9.17) is 0 Å². The van der Waals surface area contributed by atoms with Crippen LogP contribution < -0.4 is 0 Å². The van der Waals surface area contributed by atoms with Gasteiger partial charge in [0.15, 0.2) is 6.29 Å². The lowest BCUT2D eigenvalue weighted by atomic mass is 10.1. The van der Waals surface area contributed by atoms with Crippen molar-refractivity contribution in [3.63, 3.8) is 0 Å². The molecule has 2 aromatic rings. The monoisotopic (exact) mass is 218 g/mol. The molecular formula is C12H11FN2O. The van der Waals surface area contributed by atoms with Crippen LogP contribution >= 0.6 is 0 Å². The number of hydrogen-bond donors (Lipinski definition) is 0. The van der Waals surface area contributed by atoms with E-state index in [0.29, 0.717) is 5.69 Å². The number of hydrogen-bond acceptors (Lipinski definition) is 2. The molecule has 16 heavy (non-hydrogen) atoms. The second-order valence-corrected chi connectivity index (χ2v) is 3.57. The molecule has 0 aliphatic carbocycles. The van der Waals surface area contributed by atoms with Crippen LogP contribution in [0.1, 0.15) is 29.0 Å². The topological polar surface area (TPSA) is 34.9 Å². The molecule has 0 radical (unpaired) electrons. The van der Waals surface area contributed by atoms with Crippen molar-refractivity contribution in [1.29, 1.82) is 0 Å². The van der Waals surface area contributed by atoms with Crippen molar-refractivity contribution in [2.45, 2.75) is 13.0 Å². The summed E-state index contributed by atoms with van der Waals surface area (Å²) < 4.78 is 14.5. The second kappa shape index (κ2) is 4.26. The third-order valence-electron chi connectivity index (χ3n) is 2.59. The van der Waals surface area contributed by atoms with Gasteiger partial charge in [-0.05, 0) is 24.6 Å². The standard InChI is InChI=1S/C12H11FN2O/c1-9(10-2-4-11(13)5-3-10)15-8-14-6-12(15)7-16/h2-9H,1H3. The van der Waals surface area contributed by atoms with Gasteiger partial charge in [0.2, 0.25) is 0 Å². The molecule has 0 fully saturated rings. The number of aromatic nitrogens is 2. The van der Waals surface area contributed by atoms with Crippen molar-refractivity contribution in [1.82, 2.24) is 9.55 Å².